The van der Waals surface area contributed by atoms with Gasteiger partial charge < -0.3 is 0 Å². The number of benzene rings is 2. The van der Waals surface area contributed by atoms with E-state index in [0.29, 0.717) is 6.04 Å². The minimum Gasteiger partial charge on any atom is -0.289 e. The molecule has 25 heavy (non-hydrogen) atoms. The third kappa shape index (κ3) is 3.57. The zero-order valence-electron chi connectivity index (χ0n) is 15.5. The average Bonchev–Trinajstić information content (AvgIpc) is 2.60. The second-order valence-electron chi connectivity index (χ2n) is 7.89. The molecule has 0 saturated carbocycles. The van der Waals surface area contributed by atoms with E-state index in [2.05, 4.69) is 73.4 Å². The number of piperidine rings is 1. The summed E-state index contributed by atoms with van der Waals surface area (Å²) in [7, 11) is 0. The molecule has 0 N–H and O–H groups in total. The number of nitrogens with zero attached hydrogens (tertiary/aromatic N) is 1. The molecule has 1 nitrogen and oxygen atoms in total. The van der Waals surface area contributed by atoms with Crippen molar-refractivity contribution in [3.8, 4) is 0 Å². The molecule has 1 heteroatoms. The fourth-order valence-corrected chi connectivity index (χ4v) is 4.73. The number of aryl methyl sites for hydroxylation is 2. The summed E-state index contributed by atoms with van der Waals surface area (Å²) < 4.78 is 0. The van der Waals surface area contributed by atoms with Crippen molar-refractivity contribution in [1.82, 2.24) is 4.90 Å². The molecule has 2 aromatic carbocycles. The number of rotatable bonds is 4. The van der Waals surface area contributed by atoms with Crippen molar-refractivity contribution < 1.29 is 0 Å². The molecule has 0 spiro atoms. The molecule has 2 aromatic rings. The van der Waals surface area contributed by atoms with Crippen molar-refractivity contribution >= 4 is 0 Å². The molecule has 0 aromatic heterocycles. The summed E-state index contributed by atoms with van der Waals surface area (Å²) in [4.78, 5) is 2.76. The average molecular weight is 332 g/mol. The van der Waals surface area contributed by atoms with Crippen LogP contribution in [-0.4, -0.2) is 17.0 Å². The van der Waals surface area contributed by atoms with Crippen LogP contribution in [0.15, 0.2) is 60.2 Å². The molecule has 1 saturated heterocycles. The minimum absolute atomic E-state index is 0.632. The third-order valence-electron chi connectivity index (χ3n) is 6.11. The molecule has 2 aliphatic rings. The predicted octanol–water partition coefficient (Wildman–Crippen LogP) is 5.60. The van der Waals surface area contributed by atoms with Gasteiger partial charge in [0.1, 0.15) is 0 Å². The van der Waals surface area contributed by atoms with Gasteiger partial charge in [-0.25, -0.2) is 0 Å². The van der Waals surface area contributed by atoms with Gasteiger partial charge in [0.25, 0.3) is 0 Å². The molecule has 2 bridgehead atoms. The Labute approximate surface area is 152 Å². The van der Waals surface area contributed by atoms with Gasteiger partial charge in [-0.1, -0.05) is 66.6 Å². The second-order valence-corrected chi connectivity index (χ2v) is 7.89. The first-order chi connectivity index (χ1) is 12.2. The van der Waals surface area contributed by atoms with Crippen LogP contribution in [-0.2, 0) is 13.0 Å². The molecule has 0 aliphatic carbocycles. The summed E-state index contributed by atoms with van der Waals surface area (Å²) in [5.41, 5.74) is 7.54. The molecule has 1 fully saturated rings. The van der Waals surface area contributed by atoms with Gasteiger partial charge >= 0.3 is 0 Å². The van der Waals surface area contributed by atoms with Crippen molar-refractivity contribution in [2.75, 3.05) is 0 Å². The largest absolute Gasteiger partial charge is 0.289 e. The maximum Gasteiger partial charge on any atom is 0.0287 e. The van der Waals surface area contributed by atoms with Gasteiger partial charge in [0, 0.05) is 18.6 Å². The Morgan fingerprint density at radius 1 is 0.920 bits per heavy atom. The van der Waals surface area contributed by atoms with Crippen LogP contribution in [0.3, 0.4) is 0 Å². The van der Waals surface area contributed by atoms with Gasteiger partial charge in [-0.2, -0.15) is 0 Å². The van der Waals surface area contributed by atoms with E-state index in [1.807, 2.05) is 0 Å². The monoisotopic (exact) mass is 331 g/mol. The second kappa shape index (κ2) is 7.17. The maximum absolute atomic E-state index is 2.76. The molecule has 0 amide bonds. The van der Waals surface area contributed by atoms with E-state index < -0.39 is 0 Å². The summed E-state index contributed by atoms with van der Waals surface area (Å²) in [6, 6.07) is 19.0. The highest BCUT2D eigenvalue weighted by atomic mass is 15.2. The Hall–Kier alpha value is -1.86. The molecule has 4 rings (SSSR count). The van der Waals surface area contributed by atoms with E-state index in [0.717, 1.165) is 19.0 Å². The standard InChI is InChI=1S/C24H29N/c1-18-8-6-9-19(2)24(18)16-21-14-22-12-7-13-23(15-21)25(22)17-20-10-4-3-5-11-20/h3-6,8-11,14,22-23H,7,12-13,15-17H2,1-2H3. The maximum atomic E-state index is 2.76. The van der Waals surface area contributed by atoms with Crippen molar-refractivity contribution in [3.05, 3.63) is 82.4 Å². The Morgan fingerprint density at radius 3 is 2.40 bits per heavy atom. The molecular formula is C24H29N. The van der Waals surface area contributed by atoms with Gasteiger partial charge in [-0.15, -0.1) is 0 Å². The predicted molar refractivity (Wildman–Crippen MR) is 106 cm³/mol. The fraction of sp³-hybridized carbons (Fsp3) is 0.417. The summed E-state index contributed by atoms with van der Waals surface area (Å²) in [5.74, 6) is 0. The lowest BCUT2D eigenvalue weighted by Gasteiger charge is -2.45. The number of hydrogen-bond donors (Lipinski definition) is 0. The molecular weight excluding hydrogens is 302 g/mol. The van der Waals surface area contributed by atoms with Gasteiger partial charge in [-0.3, -0.25) is 4.90 Å². The van der Waals surface area contributed by atoms with E-state index in [9.17, 15) is 0 Å². The lowest BCUT2D eigenvalue weighted by Crippen LogP contribution is -2.48. The zero-order chi connectivity index (χ0) is 17.2. The van der Waals surface area contributed by atoms with E-state index >= 15 is 0 Å². The van der Waals surface area contributed by atoms with Crippen LogP contribution in [0.1, 0.15) is 47.9 Å². The molecule has 2 unspecified atom stereocenters. The highest BCUT2D eigenvalue weighted by molar-refractivity contribution is 5.37. The Bertz CT molecular complexity index is 739. The molecule has 2 aliphatic heterocycles. The van der Waals surface area contributed by atoms with E-state index in [4.69, 9.17) is 0 Å². The topological polar surface area (TPSA) is 3.24 Å². The van der Waals surface area contributed by atoms with E-state index in [-0.39, 0.29) is 0 Å². The minimum atomic E-state index is 0.632. The zero-order valence-corrected chi connectivity index (χ0v) is 15.5. The number of hydrogen-bond acceptors (Lipinski definition) is 1. The van der Waals surface area contributed by atoms with Crippen molar-refractivity contribution in [1.29, 1.82) is 0 Å². The van der Waals surface area contributed by atoms with Crippen LogP contribution in [0, 0.1) is 13.8 Å². The van der Waals surface area contributed by atoms with Crippen molar-refractivity contribution in [2.45, 2.75) is 64.6 Å². The molecule has 2 heterocycles. The van der Waals surface area contributed by atoms with Crippen molar-refractivity contribution in [3.63, 3.8) is 0 Å². The normalized spacial score (nSPS) is 23.4. The Balaban J connectivity index is 1.55. The highest BCUT2D eigenvalue weighted by Crippen LogP contribution is 2.36. The lowest BCUT2D eigenvalue weighted by molar-refractivity contribution is 0.0880. The summed E-state index contributed by atoms with van der Waals surface area (Å²) in [6.07, 6.45) is 9.05. The van der Waals surface area contributed by atoms with Gasteiger partial charge in [0.15, 0.2) is 0 Å². The van der Waals surface area contributed by atoms with Gasteiger partial charge in [-0.05, 0) is 61.8 Å². The van der Waals surface area contributed by atoms with Crippen LogP contribution in [0.5, 0.6) is 0 Å². The highest BCUT2D eigenvalue weighted by Gasteiger charge is 2.33. The Morgan fingerprint density at radius 2 is 1.68 bits per heavy atom. The first-order valence-corrected chi connectivity index (χ1v) is 9.75. The molecule has 2 atom stereocenters. The first kappa shape index (κ1) is 16.6. The van der Waals surface area contributed by atoms with E-state index in [1.54, 1.807) is 11.1 Å². The van der Waals surface area contributed by atoms with Crippen LogP contribution in [0.4, 0.5) is 0 Å². The number of fused-ring (bicyclic) bond motifs is 2. The van der Waals surface area contributed by atoms with Gasteiger partial charge in [0.05, 0.1) is 0 Å². The van der Waals surface area contributed by atoms with Crippen LogP contribution < -0.4 is 0 Å². The van der Waals surface area contributed by atoms with Crippen LogP contribution in [0.25, 0.3) is 0 Å². The molecule has 130 valence electrons. The summed E-state index contributed by atoms with van der Waals surface area (Å²) in [6.45, 7) is 5.62. The SMILES string of the molecule is Cc1cccc(C)c1CC1=CC2CCCC(C1)N2Cc1ccccc1. The van der Waals surface area contributed by atoms with Crippen molar-refractivity contribution in [2.24, 2.45) is 0 Å². The molecule has 0 radical (unpaired) electrons. The van der Waals surface area contributed by atoms with Crippen LogP contribution in [0.2, 0.25) is 0 Å². The van der Waals surface area contributed by atoms with Gasteiger partial charge in [0.2, 0.25) is 0 Å². The summed E-state index contributed by atoms with van der Waals surface area (Å²) >= 11 is 0. The lowest BCUT2D eigenvalue weighted by atomic mass is 9.82. The van der Waals surface area contributed by atoms with E-state index in [1.165, 1.54) is 42.4 Å². The quantitative estimate of drug-likeness (QED) is 0.659. The van der Waals surface area contributed by atoms with Crippen LogP contribution >= 0.6 is 0 Å². The first-order valence-electron chi connectivity index (χ1n) is 9.75. The fourth-order valence-electron chi connectivity index (χ4n) is 4.73. The Kier molecular flexibility index (Phi) is 4.76. The summed E-state index contributed by atoms with van der Waals surface area (Å²) in [5, 5.41) is 0. The smallest absolute Gasteiger partial charge is 0.0287 e. The third-order valence-corrected chi connectivity index (χ3v) is 6.11.